The van der Waals surface area contributed by atoms with Crippen LogP contribution in [0.4, 0.5) is 5.82 Å². The van der Waals surface area contributed by atoms with E-state index in [0.717, 1.165) is 12.4 Å². The molecule has 1 atom stereocenters. The van der Waals surface area contributed by atoms with E-state index in [1.54, 1.807) is 0 Å². The van der Waals surface area contributed by atoms with Crippen molar-refractivity contribution in [3.05, 3.63) is 24.4 Å². The van der Waals surface area contributed by atoms with Crippen molar-refractivity contribution in [2.45, 2.75) is 26.3 Å². The molecule has 1 aliphatic rings. The van der Waals surface area contributed by atoms with Crippen molar-refractivity contribution < 1.29 is 0 Å². The van der Waals surface area contributed by atoms with Crippen LogP contribution < -0.4 is 4.90 Å². The van der Waals surface area contributed by atoms with E-state index in [0.29, 0.717) is 6.04 Å². The molecule has 3 nitrogen and oxygen atoms in total. The van der Waals surface area contributed by atoms with Gasteiger partial charge >= 0.3 is 0 Å². The topological polar surface area (TPSA) is 19.4 Å². The molecule has 3 heteroatoms. The highest BCUT2D eigenvalue weighted by Crippen LogP contribution is 2.17. The van der Waals surface area contributed by atoms with Crippen molar-refractivity contribution >= 4 is 5.82 Å². The van der Waals surface area contributed by atoms with Gasteiger partial charge < -0.3 is 9.80 Å². The highest BCUT2D eigenvalue weighted by atomic mass is 15.3. The van der Waals surface area contributed by atoms with Crippen LogP contribution in [0.5, 0.6) is 0 Å². The van der Waals surface area contributed by atoms with Crippen LogP contribution in [0.25, 0.3) is 0 Å². The molecule has 16 heavy (non-hydrogen) atoms. The maximum Gasteiger partial charge on any atom is 0.128 e. The van der Waals surface area contributed by atoms with Gasteiger partial charge in [-0.05, 0) is 32.1 Å². The van der Waals surface area contributed by atoms with Crippen LogP contribution in [0.3, 0.4) is 0 Å². The Hall–Kier alpha value is -1.09. The fourth-order valence-corrected chi connectivity index (χ4v) is 1.98. The summed E-state index contributed by atoms with van der Waals surface area (Å²) in [7, 11) is 4.30. The zero-order chi connectivity index (χ0) is 12.0. The SMILES string of the molecule is CC.CN1CCC(N(C)c2ccccn2)C1. The third-order valence-electron chi connectivity index (χ3n) is 2.92. The van der Waals surface area contributed by atoms with E-state index < -0.39 is 0 Å². The first-order valence-corrected chi connectivity index (χ1v) is 6.10. The molecule has 1 unspecified atom stereocenters. The van der Waals surface area contributed by atoms with Gasteiger partial charge in [-0.1, -0.05) is 19.9 Å². The molecule has 0 N–H and O–H groups in total. The maximum atomic E-state index is 4.36. The molecule has 0 saturated carbocycles. The Labute approximate surface area is 99.1 Å². The van der Waals surface area contributed by atoms with Crippen molar-refractivity contribution in [1.82, 2.24) is 9.88 Å². The molecular weight excluding hydrogens is 198 g/mol. The highest BCUT2D eigenvalue weighted by Gasteiger charge is 2.23. The van der Waals surface area contributed by atoms with Gasteiger partial charge in [-0.2, -0.15) is 0 Å². The molecule has 0 radical (unpaired) electrons. The summed E-state index contributed by atoms with van der Waals surface area (Å²) < 4.78 is 0. The zero-order valence-electron chi connectivity index (χ0n) is 10.8. The quantitative estimate of drug-likeness (QED) is 0.763. The first-order valence-electron chi connectivity index (χ1n) is 6.10. The van der Waals surface area contributed by atoms with Gasteiger partial charge in [0.25, 0.3) is 0 Å². The summed E-state index contributed by atoms with van der Waals surface area (Å²) in [6.07, 6.45) is 3.09. The summed E-state index contributed by atoms with van der Waals surface area (Å²) >= 11 is 0. The van der Waals surface area contributed by atoms with Crippen molar-refractivity contribution in [2.24, 2.45) is 0 Å². The molecule has 1 fully saturated rings. The van der Waals surface area contributed by atoms with E-state index in [9.17, 15) is 0 Å². The summed E-state index contributed by atoms with van der Waals surface area (Å²) in [6.45, 7) is 6.34. The van der Waals surface area contributed by atoms with Crippen LogP contribution in [0.15, 0.2) is 24.4 Å². The Kier molecular flexibility index (Phi) is 5.26. The lowest BCUT2D eigenvalue weighted by molar-refractivity contribution is 0.409. The maximum absolute atomic E-state index is 4.36. The molecule has 1 aromatic rings. The van der Waals surface area contributed by atoms with Gasteiger partial charge in [0.15, 0.2) is 0 Å². The third-order valence-corrected chi connectivity index (χ3v) is 2.92. The summed E-state index contributed by atoms with van der Waals surface area (Å²) in [6, 6.07) is 6.68. The van der Waals surface area contributed by atoms with Crippen LogP contribution in [0.1, 0.15) is 20.3 Å². The van der Waals surface area contributed by atoms with Gasteiger partial charge in [-0.15, -0.1) is 0 Å². The van der Waals surface area contributed by atoms with E-state index in [2.05, 4.69) is 34.9 Å². The summed E-state index contributed by atoms with van der Waals surface area (Å²) in [5.41, 5.74) is 0. The number of anilines is 1. The second kappa shape index (κ2) is 6.48. The lowest BCUT2D eigenvalue weighted by atomic mass is 10.2. The van der Waals surface area contributed by atoms with Gasteiger partial charge in [-0.3, -0.25) is 0 Å². The second-order valence-corrected chi connectivity index (χ2v) is 4.00. The molecule has 0 bridgehead atoms. The number of hydrogen-bond donors (Lipinski definition) is 0. The zero-order valence-corrected chi connectivity index (χ0v) is 10.8. The average Bonchev–Trinajstić information content (AvgIpc) is 2.79. The molecule has 0 aromatic carbocycles. The minimum atomic E-state index is 0.620. The smallest absolute Gasteiger partial charge is 0.128 e. The van der Waals surface area contributed by atoms with Crippen LogP contribution in [0.2, 0.25) is 0 Å². The average molecular weight is 221 g/mol. The summed E-state index contributed by atoms with van der Waals surface area (Å²) in [5, 5.41) is 0. The number of hydrogen-bond acceptors (Lipinski definition) is 3. The Morgan fingerprint density at radius 1 is 1.38 bits per heavy atom. The monoisotopic (exact) mass is 221 g/mol. The fourth-order valence-electron chi connectivity index (χ4n) is 1.98. The first kappa shape index (κ1) is 13.0. The normalized spacial score (nSPS) is 20.1. The number of rotatable bonds is 2. The number of pyridine rings is 1. The Morgan fingerprint density at radius 3 is 2.62 bits per heavy atom. The lowest BCUT2D eigenvalue weighted by Gasteiger charge is -2.25. The largest absolute Gasteiger partial charge is 0.355 e. The first-order chi connectivity index (χ1) is 7.77. The van der Waals surface area contributed by atoms with Gasteiger partial charge in [0.05, 0.1) is 0 Å². The standard InChI is InChI=1S/C11H17N3.C2H6/c1-13-8-6-10(9-13)14(2)11-5-3-4-7-12-11;1-2/h3-5,7,10H,6,8-9H2,1-2H3;1-2H3. The van der Waals surface area contributed by atoms with Gasteiger partial charge in [-0.25, -0.2) is 4.98 Å². The van der Waals surface area contributed by atoms with E-state index in [-0.39, 0.29) is 0 Å². The number of likely N-dealkylation sites (tertiary alicyclic amines) is 1. The molecule has 0 spiro atoms. The molecule has 90 valence electrons. The Morgan fingerprint density at radius 2 is 2.12 bits per heavy atom. The second-order valence-electron chi connectivity index (χ2n) is 4.00. The molecule has 0 amide bonds. The predicted molar refractivity (Wildman–Crippen MR) is 69.9 cm³/mol. The van der Waals surface area contributed by atoms with Crippen LogP contribution in [0, 0.1) is 0 Å². The summed E-state index contributed by atoms with van der Waals surface area (Å²) in [5.74, 6) is 1.08. The Bertz CT molecular complexity index is 286. The van der Waals surface area contributed by atoms with Gasteiger partial charge in [0, 0.05) is 25.8 Å². The highest BCUT2D eigenvalue weighted by molar-refractivity contribution is 5.38. The van der Waals surface area contributed by atoms with Crippen molar-refractivity contribution in [2.75, 3.05) is 32.1 Å². The van der Waals surface area contributed by atoms with Gasteiger partial charge in [0.1, 0.15) is 5.82 Å². The molecule has 1 saturated heterocycles. The predicted octanol–water partition coefficient (Wildman–Crippen LogP) is 2.25. The minimum Gasteiger partial charge on any atom is -0.355 e. The van der Waals surface area contributed by atoms with E-state index in [4.69, 9.17) is 0 Å². The molecule has 1 aliphatic heterocycles. The van der Waals surface area contributed by atoms with Crippen LogP contribution >= 0.6 is 0 Å². The van der Waals surface area contributed by atoms with E-state index in [1.165, 1.54) is 13.0 Å². The minimum absolute atomic E-state index is 0.620. The third kappa shape index (κ3) is 3.20. The van der Waals surface area contributed by atoms with Crippen LogP contribution in [-0.2, 0) is 0 Å². The number of nitrogens with zero attached hydrogens (tertiary/aromatic N) is 3. The van der Waals surface area contributed by atoms with Crippen molar-refractivity contribution in [3.63, 3.8) is 0 Å². The number of likely N-dealkylation sites (N-methyl/N-ethyl adjacent to an activating group) is 2. The molecule has 1 aromatic heterocycles. The van der Waals surface area contributed by atoms with Crippen LogP contribution in [-0.4, -0.2) is 43.1 Å². The van der Waals surface area contributed by atoms with Gasteiger partial charge in [0.2, 0.25) is 0 Å². The summed E-state index contributed by atoms with van der Waals surface area (Å²) in [4.78, 5) is 9.00. The van der Waals surface area contributed by atoms with Crippen molar-refractivity contribution in [3.8, 4) is 0 Å². The Balaban J connectivity index is 0.000000606. The fraction of sp³-hybridized carbons (Fsp3) is 0.615. The van der Waals surface area contributed by atoms with E-state index >= 15 is 0 Å². The molecule has 2 rings (SSSR count). The van der Waals surface area contributed by atoms with E-state index in [1.807, 2.05) is 32.2 Å². The van der Waals surface area contributed by atoms with Crippen molar-refractivity contribution in [1.29, 1.82) is 0 Å². The molecule has 2 heterocycles. The molecular formula is C13H23N3. The molecule has 0 aliphatic carbocycles. The number of aromatic nitrogens is 1. The lowest BCUT2D eigenvalue weighted by Crippen LogP contribution is -2.34.